The number of benzene rings is 4. The number of carboxylic acid groups (broad SMARTS) is 2. The number of carbonyl (C=O) groups excluding carboxylic acids is 1. The highest BCUT2D eigenvalue weighted by Crippen LogP contribution is 2.30. The van der Waals surface area contributed by atoms with Gasteiger partial charge in [-0.3, -0.25) is 14.4 Å². The van der Waals surface area contributed by atoms with Crippen LogP contribution in [0.25, 0.3) is 11.1 Å². The van der Waals surface area contributed by atoms with Gasteiger partial charge in [0.15, 0.2) is 0 Å². The average molecular weight is 582 g/mol. The molecule has 0 heterocycles. The first kappa shape index (κ1) is 30.8. The molecule has 3 N–H and O–H groups in total. The predicted octanol–water partition coefficient (Wildman–Crippen LogP) is 6.43. The van der Waals surface area contributed by atoms with Crippen LogP contribution in [0.15, 0.2) is 91.0 Å². The van der Waals surface area contributed by atoms with Crippen molar-refractivity contribution in [1.29, 1.82) is 0 Å². The van der Waals surface area contributed by atoms with Crippen molar-refractivity contribution in [3.05, 3.63) is 119 Å². The molecule has 0 fully saturated rings. The lowest BCUT2D eigenvalue weighted by molar-refractivity contribution is -0.138. The fraction of sp³-hybridized carbons (Fsp3) is 0.229. The van der Waals surface area contributed by atoms with Gasteiger partial charge in [0.25, 0.3) is 5.91 Å². The van der Waals surface area contributed by atoms with E-state index >= 15 is 0 Å². The van der Waals surface area contributed by atoms with Crippen LogP contribution >= 0.6 is 0 Å². The van der Waals surface area contributed by atoms with Crippen molar-refractivity contribution in [1.82, 2.24) is 5.32 Å². The molecule has 4 aromatic carbocycles. The van der Waals surface area contributed by atoms with Gasteiger partial charge in [-0.15, -0.1) is 0 Å². The Kier molecular flexibility index (Phi) is 10.9. The van der Waals surface area contributed by atoms with Crippen LogP contribution in [0.4, 0.5) is 0 Å². The zero-order valence-electron chi connectivity index (χ0n) is 24.0. The van der Waals surface area contributed by atoms with Crippen molar-refractivity contribution >= 4 is 17.8 Å². The van der Waals surface area contributed by atoms with Gasteiger partial charge in [0.05, 0.1) is 6.61 Å². The quantitative estimate of drug-likeness (QED) is 0.138. The lowest BCUT2D eigenvalue weighted by Gasteiger charge is -2.17. The molecule has 0 aliphatic heterocycles. The summed E-state index contributed by atoms with van der Waals surface area (Å²) >= 11 is 0. The average Bonchev–Trinajstić information content (AvgIpc) is 3.00. The smallest absolute Gasteiger partial charge is 0.303 e. The van der Waals surface area contributed by atoms with Gasteiger partial charge in [0, 0.05) is 30.5 Å². The number of rotatable bonds is 15. The topological polar surface area (TPSA) is 122 Å². The van der Waals surface area contributed by atoms with E-state index < -0.39 is 11.9 Å². The first-order valence-corrected chi connectivity index (χ1v) is 14.1. The molecule has 0 spiro atoms. The minimum absolute atomic E-state index is 0.0220. The van der Waals surface area contributed by atoms with Crippen molar-refractivity contribution in [2.24, 2.45) is 0 Å². The van der Waals surface area contributed by atoms with E-state index in [1.165, 1.54) is 0 Å². The fourth-order valence-corrected chi connectivity index (χ4v) is 4.65. The number of carboxylic acids is 2. The highest BCUT2D eigenvalue weighted by molar-refractivity contribution is 5.96. The Labute approximate surface area is 250 Å². The number of hydrogen-bond acceptors (Lipinski definition) is 5. The van der Waals surface area contributed by atoms with Gasteiger partial charge in [-0.1, -0.05) is 72.3 Å². The summed E-state index contributed by atoms with van der Waals surface area (Å²) in [5.74, 6) is -1.09. The third-order valence-corrected chi connectivity index (χ3v) is 6.82. The van der Waals surface area contributed by atoms with Crippen LogP contribution in [0.1, 0.15) is 51.9 Å². The molecule has 0 aliphatic rings. The number of ether oxygens (including phenoxy) is 2. The van der Waals surface area contributed by atoms with Gasteiger partial charge in [0.1, 0.15) is 18.1 Å². The monoisotopic (exact) mass is 581 g/mol. The summed E-state index contributed by atoms with van der Waals surface area (Å²) in [6, 6.07) is 28.5. The summed E-state index contributed by atoms with van der Waals surface area (Å²) in [5, 5.41) is 21.2. The van der Waals surface area contributed by atoms with Gasteiger partial charge in [0.2, 0.25) is 0 Å². The minimum atomic E-state index is -0.940. The van der Waals surface area contributed by atoms with E-state index in [-0.39, 0.29) is 38.4 Å². The maximum absolute atomic E-state index is 13.2. The molecule has 0 aliphatic carbocycles. The Bertz CT molecular complexity index is 1570. The van der Waals surface area contributed by atoms with E-state index in [1.54, 1.807) is 18.2 Å². The maximum atomic E-state index is 13.2. The summed E-state index contributed by atoms with van der Waals surface area (Å²) in [5.41, 5.74) is 5.73. The second-order valence-corrected chi connectivity index (χ2v) is 10.2. The van der Waals surface area contributed by atoms with E-state index in [2.05, 4.69) is 5.32 Å². The molecule has 222 valence electrons. The number of aryl methyl sites for hydroxylation is 1. The van der Waals surface area contributed by atoms with E-state index in [0.29, 0.717) is 35.6 Å². The Hall–Kier alpha value is -5.11. The lowest BCUT2D eigenvalue weighted by atomic mass is 10.00. The van der Waals surface area contributed by atoms with Crippen LogP contribution in [0.5, 0.6) is 11.5 Å². The molecule has 0 saturated carbocycles. The van der Waals surface area contributed by atoms with Crippen molar-refractivity contribution < 1.29 is 34.1 Å². The standard InChI is InChI=1S/C35H35NO7/c1-24-8-5-11-26(18-24)28-19-29(35(41)36-22-25-9-3-2-4-10-25)21-30(20-28)43-23-27-12-6-13-32(31(27)15-16-34(39)40)42-17-7-14-33(37)38/h2-6,8-13,18-21H,7,14-17,22-23H2,1H3,(H,36,41)(H,37,38)(H,39,40). The van der Waals surface area contributed by atoms with E-state index in [1.807, 2.05) is 79.7 Å². The normalized spacial score (nSPS) is 10.6. The highest BCUT2D eigenvalue weighted by Gasteiger charge is 2.15. The molecule has 0 atom stereocenters. The molecular formula is C35H35NO7. The largest absolute Gasteiger partial charge is 0.493 e. The Morgan fingerprint density at radius 3 is 2.28 bits per heavy atom. The third-order valence-electron chi connectivity index (χ3n) is 6.82. The van der Waals surface area contributed by atoms with Crippen molar-refractivity contribution in [3.63, 3.8) is 0 Å². The first-order chi connectivity index (χ1) is 20.8. The third kappa shape index (κ3) is 9.46. The van der Waals surface area contributed by atoms with Gasteiger partial charge in [-0.2, -0.15) is 0 Å². The van der Waals surface area contributed by atoms with E-state index in [9.17, 15) is 19.5 Å². The van der Waals surface area contributed by atoms with Crippen LogP contribution in [0.3, 0.4) is 0 Å². The van der Waals surface area contributed by atoms with Crippen LogP contribution in [0.2, 0.25) is 0 Å². The minimum Gasteiger partial charge on any atom is -0.493 e. The Morgan fingerprint density at radius 2 is 1.53 bits per heavy atom. The fourth-order valence-electron chi connectivity index (χ4n) is 4.65. The van der Waals surface area contributed by atoms with Crippen LogP contribution in [-0.4, -0.2) is 34.7 Å². The summed E-state index contributed by atoms with van der Waals surface area (Å²) in [6.07, 6.45) is 0.428. The zero-order valence-corrected chi connectivity index (χ0v) is 24.0. The lowest BCUT2D eigenvalue weighted by Crippen LogP contribution is -2.22. The zero-order chi connectivity index (χ0) is 30.6. The number of nitrogens with one attached hydrogen (secondary N) is 1. The van der Waals surface area contributed by atoms with E-state index in [4.69, 9.17) is 14.6 Å². The van der Waals surface area contributed by atoms with Crippen LogP contribution < -0.4 is 14.8 Å². The molecular weight excluding hydrogens is 546 g/mol. The molecule has 0 unspecified atom stereocenters. The van der Waals surface area contributed by atoms with Gasteiger partial charge in [-0.05, 0) is 66.3 Å². The summed E-state index contributed by atoms with van der Waals surface area (Å²) in [6.45, 7) is 2.70. The molecule has 0 aromatic heterocycles. The molecule has 4 aromatic rings. The van der Waals surface area contributed by atoms with Gasteiger partial charge >= 0.3 is 11.9 Å². The second kappa shape index (κ2) is 15.2. The van der Waals surface area contributed by atoms with Crippen molar-refractivity contribution in [3.8, 4) is 22.6 Å². The highest BCUT2D eigenvalue weighted by atomic mass is 16.5. The Morgan fingerprint density at radius 1 is 0.767 bits per heavy atom. The Balaban J connectivity index is 1.59. The molecule has 8 heteroatoms. The van der Waals surface area contributed by atoms with Gasteiger partial charge < -0.3 is 25.0 Å². The van der Waals surface area contributed by atoms with E-state index in [0.717, 1.165) is 27.8 Å². The molecule has 0 saturated heterocycles. The van der Waals surface area contributed by atoms with Gasteiger partial charge in [-0.25, -0.2) is 0 Å². The summed E-state index contributed by atoms with van der Waals surface area (Å²) < 4.78 is 12.1. The molecule has 4 rings (SSSR count). The second-order valence-electron chi connectivity index (χ2n) is 10.2. The number of aliphatic carboxylic acids is 2. The molecule has 1 amide bonds. The molecule has 0 bridgehead atoms. The maximum Gasteiger partial charge on any atom is 0.303 e. The molecule has 0 radical (unpaired) electrons. The molecule has 43 heavy (non-hydrogen) atoms. The molecule has 8 nitrogen and oxygen atoms in total. The van der Waals surface area contributed by atoms with Crippen molar-refractivity contribution in [2.75, 3.05) is 6.61 Å². The van der Waals surface area contributed by atoms with Crippen LogP contribution in [-0.2, 0) is 29.2 Å². The van der Waals surface area contributed by atoms with Crippen molar-refractivity contribution in [2.45, 2.75) is 45.8 Å². The number of carbonyl (C=O) groups is 3. The number of hydrogen-bond donors (Lipinski definition) is 3. The first-order valence-electron chi connectivity index (χ1n) is 14.1. The van der Waals surface area contributed by atoms with Crippen LogP contribution in [0, 0.1) is 6.92 Å². The summed E-state index contributed by atoms with van der Waals surface area (Å²) in [7, 11) is 0. The SMILES string of the molecule is Cc1cccc(-c2cc(OCc3cccc(OCCCC(=O)O)c3CCC(=O)O)cc(C(=O)NCc3ccccc3)c2)c1. The number of amides is 1. The predicted molar refractivity (Wildman–Crippen MR) is 163 cm³/mol. The summed E-state index contributed by atoms with van der Waals surface area (Å²) in [4.78, 5) is 35.5.